The van der Waals surface area contributed by atoms with Crippen molar-refractivity contribution in [2.24, 2.45) is 13.0 Å². The molecule has 0 radical (unpaired) electrons. The molecule has 0 saturated heterocycles. The van der Waals surface area contributed by atoms with Gasteiger partial charge in [-0.3, -0.25) is 4.79 Å². The number of nitrogens with zero attached hydrogens (tertiary/aromatic N) is 4. The molecule has 2 heterocycles. The zero-order valence-corrected chi connectivity index (χ0v) is 16.3. The summed E-state index contributed by atoms with van der Waals surface area (Å²) >= 11 is 0. The maximum absolute atomic E-state index is 12.5. The maximum Gasteiger partial charge on any atom is 0.225 e. The van der Waals surface area contributed by atoms with E-state index in [9.17, 15) is 4.79 Å². The van der Waals surface area contributed by atoms with E-state index in [4.69, 9.17) is 0 Å². The Bertz CT molecular complexity index is 966. The molecule has 4 rings (SSSR count). The van der Waals surface area contributed by atoms with E-state index in [2.05, 4.69) is 33.0 Å². The van der Waals surface area contributed by atoms with Crippen LogP contribution in [0.15, 0.2) is 30.5 Å². The van der Waals surface area contributed by atoms with Crippen LogP contribution >= 0.6 is 0 Å². The molecular weight excluding hydrogens is 338 g/mol. The van der Waals surface area contributed by atoms with Gasteiger partial charge in [0.25, 0.3) is 0 Å². The summed E-state index contributed by atoms with van der Waals surface area (Å²) in [6.07, 6.45) is 6.39. The van der Waals surface area contributed by atoms with Crippen LogP contribution in [0.5, 0.6) is 0 Å². The number of fused-ring (bicyclic) bond motifs is 1. The summed E-state index contributed by atoms with van der Waals surface area (Å²) in [5.41, 5.74) is 3.16. The van der Waals surface area contributed by atoms with Gasteiger partial charge in [-0.2, -0.15) is 5.10 Å². The summed E-state index contributed by atoms with van der Waals surface area (Å²) in [5, 5.41) is 7.57. The normalized spacial score (nSPS) is 15.2. The van der Waals surface area contributed by atoms with E-state index in [0.29, 0.717) is 18.4 Å². The van der Waals surface area contributed by atoms with Crippen LogP contribution in [0.25, 0.3) is 11.0 Å². The third-order valence-corrected chi connectivity index (χ3v) is 5.61. The molecule has 0 bridgehead atoms. The van der Waals surface area contributed by atoms with Crippen molar-refractivity contribution in [3.8, 4) is 0 Å². The molecule has 142 valence electrons. The number of hydrogen-bond donors (Lipinski definition) is 1. The molecular formula is C21H27N5O. The van der Waals surface area contributed by atoms with Gasteiger partial charge in [-0.15, -0.1) is 0 Å². The lowest BCUT2D eigenvalue weighted by molar-refractivity contribution is -0.116. The third kappa shape index (κ3) is 3.61. The van der Waals surface area contributed by atoms with E-state index in [0.717, 1.165) is 41.1 Å². The van der Waals surface area contributed by atoms with Gasteiger partial charge in [0.15, 0.2) is 0 Å². The summed E-state index contributed by atoms with van der Waals surface area (Å²) in [6, 6.07) is 8.46. The van der Waals surface area contributed by atoms with Crippen LogP contribution in [-0.2, 0) is 18.3 Å². The van der Waals surface area contributed by atoms with Gasteiger partial charge in [-0.1, -0.05) is 12.1 Å². The molecule has 1 aromatic carbocycles. The lowest BCUT2D eigenvalue weighted by atomic mass is 10.2. The third-order valence-electron chi connectivity index (χ3n) is 5.61. The molecule has 27 heavy (non-hydrogen) atoms. The Morgan fingerprint density at radius 2 is 2.11 bits per heavy atom. The number of benzene rings is 1. The number of aryl methyl sites for hydroxylation is 3. The van der Waals surface area contributed by atoms with Crippen molar-refractivity contribution in [2.45, 2.75) is 52.0 Å². The van der Waals surface area contributed by atoms with Crippen molar-refractivity contribution in [3.05, 3.63) is 41.9 Å². The minimum atomic E-state index is 0.0432. The number of para-hydroxylation sites is 2. The van der Waals surface area contributed by atoms with E-state index in [-0.39, 0.29) is 5.91 Å². The Kier molecular flexibility index (Phi) is 4.72. The number of hydrogen-bond acceptors (Lipinski definition) is 3. The van der Waals surface area contributed by atoms with Gasteiger partial charge in [-0.25, -0.2) is 9.67 Å². The quantitative estimate of drug-likeness (QED) is 0.688. The fraction of sp³-hybridized carbons (Fsp3) is 0.476. The number of nitrogens with one attached hydrogen (secondary N) is 1. The summed E-state index contributed by atoms with van der Waals surface area (Å²) in [6.45, 7) is 4.18. The largest absolute Gasteiger partial charge is 0.331 e. The zero-order chi connectivity index (χ0) is 19.0. The summed E-state index contributed by atoms with van der Waals surface area (Å²) < 4.78 is 4.10. The van der Waals surface area contributed by atoms with Crippen LogP contribution in [0.1, 0.15) is 50.0 Å². The second kappa shape index (κ2) is 7.18. The van der Waals surface area contributed by atoms with Gasteiger partial charge in [0.1, 0.15) is 11.6 Å². The van der Waals surface area contributed by atoms with Gasteiger partial charge in [-0.05, 0) is 51.2 Å². The Labute approximate surface area is 159 Å². The van der Waals surface area contributed by atoms with E-state index in [1.807, 2.05) is 43.0 Å². The number of anilines is 1. The smallest absolute Gasteiger partial charge is 0.225 e. The maximum atomic E-state index is 12.5. The molecule has 6 nitrogen and oxygen atoms in total. The van der Waals surface area contributed by atoms with Crippen molar-refractivity contribution in [1.29, 1.82) is 0 Å². The SMILES string of the molecule is Cc1cnn(C(C)C2CC2)c1NC(=O)CCCc1nc2ccccc2n1C. The van der Waals surface area contributed by atoms with E-state index >= 15 is 0 Å². The Morgan fingerprint density at radius 3 is 2.85 bits per heavy atom. The van der Waals surface area contributed by atoms with Crippen molar-refractivity contribution >= 4 is 22.8 Å². The monoisotopic (exact) mass is 365 g/mol. The molecule has 1 saturated carbocycles. The van der Waals surface area contributed by atoms with E-state index in [1.165, 1.54) is 12.8 Å². The Balaban J connectivity index is 1.36. The number of amides is 1. The van der Waals surface area contributed by atoms with Gasteiger partial charge in [0.05, 0.1) is 23.3 Å². The highest BCUT2D eigenvalue weighted by molar-refractivity contribution is 5.90. The fourth-order valence-corrected chi connectivity index (χ4v) is 3.71. The van der Waals surface area contributed by atoms with E-state index in [1.54, 1.807) is 0 Å². The first kappa shape index (κ1) is 17.8. The molecule has 3 aromatic rings. The molecule has 2 aromatic heterocycles. The first-order valence-corrected chi connectivity index (χ1v) is 9.79. The molecule has 1 aliphatic rings. The Hall–Kier alpha value is -2.63. The second-order valence-corrected chi connectivity index (χ2v) is 7.68. The average molecular weight is 365 g/mol. The summed E-state index contributed by atoms with van der Waals surface area (Å²) in [7, 11) is 2.03. The predicted octanol–water partition coefficient (Wildman–Crippen LogP) is 4.01. The minimum absolute atomic E-state index is 0.0432. The Morgan fingerprint density at radius 1 is 1.33 bits per heavy atom. The number of carbonyl (C=O) groups is 1. The second-order valence-electron chi connectivity index (χ2n) is 7.68. The summed E-state index contributed by atoms with van der Waals surface area (Å²) in [5.74, 6) is 2.61. The van der Waals surface area contributed by atoms with Gasteiger partial charge < -0.3 is 9.88 Å². The van der Waals surface area contributed by atoms with Crippen molar-refractivity contribution < 1.29 is 4.79 Å². The highest BCUT2D eigenvalue weighted by Crippen LogP contribution is 2.40. The molecule has 1 atom stereocenters. The molecule has 1 aliphatic carbocycles. The molecule has 1 N–H and O–H groups in total. The first-order valence-electron chi connectivity index (χ1n) is 9.79. The fourth-order valence-electron chi connectivity index (χ4n) is 3.71. The number of rotatable bonds is 7. The molecule has 1 fully saturated rings. The van der Waals surface area contributed by atoms with Crippen LogP contribution in [0.2, 0.25) is 0 Å². The van der Waals surface area contributed by atoms with Crippen molar-refractivity contribution in [2.75, 3.05) is 5.32 Å². The average Bonchev–Trinajstić information content (AvgIpc) is 3.39. The molecule has 0 spiro atoms. The number of imidazole rings is 1. The number of aromatic nitrogens is 4. The van der Waals surface area contributed by atoms with E-state index < -0.39 is 0 Å². The van der Waals surface area contributed by atoms with Gasteiger partial charge in [0.2, 0.25) is 5.91 Å². The van der Waals surface area contributed by atoms with Crippen LogP contribution in [0.3, 0.4) is 0 Å². The van der Waals surface area contributed by atoms with Crippen LogP contribution in [0, 0.1) is 12.8 Å². The van der Waals surface area contributed by atoms with Crippen LogP contribution < -0.4 is 5.32 Å². The van der Waals surface area contributed by atoms with Crippen LogP contribution in [0.4, 0.5) is 5.82 Å². The highest BCUT2D eigenvalue weighted by Gasteiger charge is 2.31. The zero-order valence-electron chi connectivity index (χ0n) is 16.3. The standard InChI is InChI=1S/C21H27N5O/c1-14-13-22-26(15(2)16-11-12-16)21(14)24-20(27)10-6-9-19-23-17-7-4-5-8-18(17)25(19)3/h4-5,7-8,13,15-16H,6,9-12H2,1-3H3,(H,24,27). The molecule has 6 heteroatoms. The van der Waals surface area contributed by atoms with Gasteiger partial charge >= 0.3 is 0 Å². The lowest BCUT2D eigenvalue weighted by Gasteiger charge is -2.16. The topological polar surface area (TPSA) is 64.7 Å². The first-order chi connectivity index (χ1) is 13.0. The molecule has 0 aliphatic heterocycles. The predicted molar refractivity (Wildman–Crippen MR) is 107 cm³/mol. The van der Waals surface area contributed by atoms with Crippen molar-refractivity contribution in [1.82, 2.24) is 19.3 Å². The van der Waals surface area contributed by atoms with Crippen molar-refractivity contribution in [3.63, 3.8) is 0 Å². The molecule has 1 amide bonds. The molecule has 1 unspecified atom stereocenters. The number of carbonyl (C=O) groups excluding carboxylic acids is 1. The highest BCUT2D eigenvalue weighted by atomic mass is 16.1. The van der Waals surface area contributed by atoms with Gasteiger partial charge in [0, 0.05) is 25.5 Å². The lowest BCUT2D eigenvalue weighted by Crippen LogP contribution is -2.19. The summed E-state index contributed by atoms with van der Waals surface area (Å²) in [4.78, 5) is 17.2. The minimum Gasteiger partial charge on any atom is -0.331 e. The van der Waals surface area contributed by atoms with Crippen LogP contribution in [-0.4, -0.2) is 25.2 Å².